The van der Waals surface area contributed by atoms with E-state index in [4.69, 9.17) is 16.3 Å². The second-order valence-corrected chi connectivity index (χ2v) is 4.74. The summed E-state index contributed by atoms with van der Waals surface area (Å²) in [5.74, 6) is 1.08. The number of ether oxygens (including phenoxy) is 1. The van der Waals surface area contributed by atoms with Crippen molar-refractivity contribution in [2.45, 2.75) is 19.1 Å². The molecule has 19 heavy (non-hydrogen) atoms. The summed E-state index contributed by atoms with van der Waals surface area (Å²) in [4.78, 5) is 0. The molecule has 0 heterocycles. The summed E-state index contributed by atoms with van der Waals surface area (Å²) in [5.41, 5.74) is 2.20. The third kappa shape index (κ3) is 4.58. The van der Waals surface area contributed by atoms with Crippen LogP contribution < -0.4 is 4.74 Å². The molecule has 2 aromatic rings. The zero-order valence-corrected chi connectivity index (χ0v) is 11.4. The molecule has 2 nitrogen and oxygen atoms in total. The SMILES string of the molecule is OC(CCl)Cc1ccc(OCc2ccccc2)cc1. The van der Waals surface area contributed by atoms with Crippen LogP contribution in [0.3, 0.4) is 0 Å². The number of hydrogen-bond donors (Lipinski definition) is 1. The molecule has 0 bridgehead atoms. The zero-order chi connectivity index (χ0) is 13.5. The molecule has 0 aliphatic carbocycles. The molecule has 0 saturated heterocycles. The molecule has 0 radical (unpaired) electrons. The number of benzene rings is 2. The molecule has 0 amide bonds. The minimum absolute atomic E-state index is 0.256. The molecular formula is C16H17ClO2. The van der Waals surface area contributed by atoms with Gasteiger partial charge in [-0.15, -0.1) is 11.6 Å². The second-order valence-electron chi connectivity index (χ2n) is 4.43. The van der Waals surface area contributed by atoms with Crippen molar-refractivity contribution in [2.75, 3.05) is 5.88 Å². The van der Waals surface area contributed by atoms with Crippen LogP contribution in [0.25, 0.3) is 0 Å². The van der Waals surface area contributed by atoms with Gasteiger partial charge in [-0.2, -0.15) is 0 Å². The molecule has 1 unspecified atom stereocenters. The standard InChI is InChI=1S/C16H17ClO2/c17-11-15(18)10-13-6-8-16(9-7-13)19-12-14-4-2-1-3-5-14/h1-9,15,18H,10-12H2. The van der Waals surface area contributed by atoms with Gasteiger partial charge >= 0.3 is 0 Å². The monoisotopic (exact) mass is 276 g/mol. The summed E-state index contributed by atoms with van der Waals surface area (Å²) >= 11 is 5.58. The Hall–Kier alpha value is -1.51. The number of alkyl halides is 1. The van der Waals surface area contributed by atoms with E-state index in [1.807, 2.05) is 54.6 Å². The van der Waals surface area contributed by atoms with E-state index < -0.39 is 6.10 Å². The number of halogens is 1. The average molecular weight is 277 g/mol. The smallest absolute Gasteiger partial charge is 0.119 e. The summed E-state index contributed by atoms with van der Waals surface area (Å²) in [6.45, 7) is 0.560. The maximum atomic E-state index is 9.47. The van der Waals surface area contributed by atoms with Gasteiger partial charge in [-0.3, -0.25) is 0 Å². The first-order valence-electron chi connectivity index (χ1n) is 6.27. The molecule has 3 heteroatoms. The second kappa shape index (κ2) is 7.17. The van der Waals surface area contributed by atoms with Crippen molar-refractivity contribution in [1.29, 1.82) is 0 Å². The van der Waals surface area contributed by atoms with Crippen LogP contribution >= 0.6 is 11.6 Å². The van der Waals surface area contributed by atoms with Gasteiger partial charge in [-0.1, -0.05) is 42.5 Å². The van der Waals surface area contributed by atoms with Gasteiger partial charge in [0.25, 0.3) is 0 Å². The van der Waals surface area contributed by atoms with Gasteiger partial charge in [0, 0.05) is 5.88 Å². The van der Waals surface area contributed by atoms with Gasteiger partial charge in [0.2, 0.25) is 0 Å². The highest BCUT2D eigenvalue weighted by Gasteiger charge is 2.04. The van der Waals surface area contributed by atoms with Crippen LogP contribution in [0.5, 0.6) is 5.75 Å². The van der Waals surface area contributed by atoms with Crippen molar-refractivity contribution < 1.29 is 9.84 Å². The molecular weight excluding hydrogens is 260 g/mol. The molecule has 0 aliphatic rings. The Balaban J connectivity index is 1.88. The van der Waals surface area contributed by atoms with Crippen LogP contribution in [-0.4, -0.2) is 17.1 Å². The lowest BCUT2D eigenvalue weighted by atomic mass is 10.1. The number of aliphatic hydroxyl groups is 1. The predicted octanol–water partition coefficient (Wildman–Crippen LogP) is 3.41. The van der Waals surface area contributed by atoms with Crippen LogP contribution in [0.15, 0.2) is 54.6 Å². The molecule has 0 spiro atoms. The Bertz CT molecular complexity index is 482. The van der Waals surface area contributed by atoms with E-state index in [1.54, 1.807) is 0 Å². The quantitative estimate of drug-likeness (QED) is 0.820. The molecule has 0 fully saturated rings. The minimum atomic E-state index is -0.488. The maximum absolute atomic E-state index is 9.47. The Morgan fingerprint density at radius 3 is 2.26 bits per heavy atom. The van der Waals surface area contributed by atoms with Crippen LogP contribution in [-0.2, 0) is 13.0 Å². The molecule has 100 valence electrons. The molecule has 1 atom stereocenters. The first kappa shape index (κ1) is 13.9. The van der Waals surface area contributed by atoms with Crippen molar-refractivity contribution >= 4 is 11.6 Å². The lowest BCUT2D eigenvalue weighted by Gasteiger charge is -2.09. The van der Waals surface area contributed by atoms with Crippen molar-refractivity contribution in [1.82, 2.24) is 0 Å². The third-order valence-corrected chi connectivity index (χ3v) is 3.18. The van der Waals surface area contributed by atoms with E-state index in [9.17, 15) is 5.11 Å². The molecule has 2 aromatic carbocycles. The van der Waals surface area contributed by atoms with Gasteiger partial charge < -0.3 is 9.84 Å². The minimum Gasteiger partial charge on any atom is -0.489 e. The van der Waals surface area contributed by atoms with E-state index in [0.29, 0.717) is 13.0 Å². The van der Waals surface area contributed by atoms with E-state index in [-0.39, 0.29) is 5.88 Å². The van der Waals surface area contributed by atoms with Crippen LogP contribution in [0.4, 0.5) is 0 Å². The first-order chi connectivity index (χ1) is 9.28. The zero-order valence-electron chi connectivity index (χ0n) is 10.6. The highest BCUT2D eigenvalue weighted by Crippen LogP contribution is 2.15. The lowest BCUT2D eigenvalue weighted by molar-refractivity contribution is 0.198. The van der Waals surface area contributed by atoms with Crippen molar-refractivity contribution in [3.63, 3.8) is 0 Å². The van der Waals surface area contributed by atoms with Gasteiger partial charge in [0.15, 0.2) is 0 Å². The third-order valence-electron chi connectivity index (χ3n) is 2.82. The fourth-order valence-corrected chi connectivity index (χ4v) is 1.90. The molecule has 0 aromatic heterocycles. The van der Waals surface area contributed by atoms with E-state index in [0.717, 1.165) is 16.9 Å². The van der Waals surface area contributed by atoms with Crippen molar-refractivity contribution in [3.05, 3.63) is 65.7 Å². The van der Waals surface area contributed by atoms with Gasteiger partial charge in [0.1, 0.15) is 12.4 Å². The van der Waals surface area contributed by atoms with E-state index in [1.165, 1.54) is 0 Å². The number of rotatable bonds is 6. The Morgan fingerprint density at radius 2 is 1.63 bits per heavy atom. The predicted molar refractivity (Wildman–Crippen MR) is 77.6 cm³/mol. The van der Waals surface area contributed by atoms with Crippen LogP contribution in [0, 0.1) is 0 Å². The molecule has 0 aliphatic heterocycles. The average Bonchev–Trinajstić information content (AvgIpc) is 2.47. The Morgan fingerprint density at radius 1 is 0.947 bits per heavy atom. The van der Waals surface area contributed by atoms with Crippen molar-refractivity contribution in [3.8, 4) is 5.75 Å². The highest BCUT2D eigenvalue weighted by atomic mass is 35.5. The van der Waals surface area contributed by atoms with Crippen LogP contribution in [0.1, 0.15) is 11.1 Å². The van der Waals surface area contributed by atoms with Gasteiger partial charge in [-0.25, -0.2) is 0 Å². The highest BCUT2D eigenvalue weighted by molar-refractivity contribution is 6.18. The summed E-state index contributed by atoms with van der Waals surface area (Å²) < 4.78 is 5.69. The van der Waals surface area contributed by atoms with Crippen molar-refractivity contribution in [2.24, 2.45) is 0 Å². The number of aliphatic hydroxyl groups excluding tert-OH is 1. The number of hydrogen-bond acceptors (Lipinski definition) is 2. The molecule has 1 N–H and O–H groups in total. The molecule has 2 rings (SSSR count). The lowest BCUT2D eigenvalue weighted by Crippen LogP contribution is -2.11. The fourth-order valence-electron chi connectivity index (χ4n) is 1.79. The first-order valence-corrected chi connectivity index (χ1v) is 6.81. The normalized spacial score (nSPS) is 12.1. The summed E-state index contributed by atoms with van der Waals surface area (Å²) in [7, 11) is 0. The maximum Gasteiger partial charge on any atom is 0.119 e. The Labute approximate surface area is 118 Å². The van der Waals surface area contributed by atoms with E-state index >= 15 is 0 Å². The van der Waals surface area contributed by atoms with Gasteiger partial charge in [-0.05, 0) is 29.7 Å². The van der Waals surface area contributed by atoms with Crippen LogP contribution in [0.2, 0.25) is 0 Å². The summed E-state index contributed by atoms with van der Waals surface area (Å²) in [6, 6.07) is 17.8. The summed E-state index contributed by atoms with van der Waals surface area (Å²) in [5, 5.41) is 9.47. The largest absolute Gasteiger partial charge is 0.489 e. The fraction of sp³-hybridized carbons (Fsp3) is 0.250. The topological polar surface area (TPSA) is 29.5 Å². The summed E-state index contributed by atoms with van der Waals surface area (Å²) in [6.07, 6.45) is 0.0837. The molecule has 0 saturated carbocycles. The van der Waals surface area contributed by atoms with E-state index in [2.05, 4.69) is 0 Å². The van der Waals surface area contributed by atoms with Gasteiger partial charge in [0.05, 0.1) is 6.10 Å². The Kier molecular flexibility index (Phi) is 5.25.